The predicted octanol–water partition coefficient (Wildman–Crippen LogP) is 1.39. The Morgan fingerprint density at radius 3 is 2.63 bits per heavy atom. The average Bonchev–Trinajstić information content (AvgIpc) is 2.44. The normalized spacial score (nSPS) is 9.21. The first kappa shape index (κ1) is 14.5. The summed E-state index contributed by atoms with van der Waals surface area (Å²) in [6, 6.07) is 8.78. The highest BCUT2D eigenvalue weighted by atomic mass is 16.2. The summed E-state index contributed by atoms with van der Waals surface area (Å²) in [5.74, 6) is 0.199. The summed E-state index contributed by atoms with van der Waals surface area (Å²) in [4.78, 5) is 17.4. The van der Waals surface area contributed by atoms with Gasteiger partial charge in [0.2, 0.25) is 0 Å². The van der Waals surface area contributed by atoms with Gasteiger partial charge in [0.05, 0.1) is 12.1 Å². The highest BCUT2D eigenvalue weighted by Crippen LogP contribution is 2.07. The monoisotopic (exact) mass is 257 g/mol. The van der Waals surface area contributed by atoms with Gasteiger partial charge in [-0.25, -0.2) is 4.98 Å². The summed E-state index contributed by atoms with van der Waals surface area (Å²) in [5, 5.41) is 20.4. The third kappa shape index (κ3) is 4.29. The molecule has 0 radical (unpaired) electrons. The lowest BCUT2D eigenvalue weighted by atomic mass is 10.3. The maximum atomic E-state index is 12.1. The van der Waals surface area contributed by atoms with Crippen LogP contribution in [0.25, 0.3) is 0 Å². The Kier molecular flexibility index (Phi) is 5.84. The molecule has 0 saturated carbocycles. The zero-order valence-corrected chi connectivity index (χ0v) is 10.8. The van der Waals surface area contributed by atoms with E-state index in [1.807, 2.05) is 19.1 Å². The molecule has 0 unspecified atom stereocenters. The number of amides is 1. The molecular weight excluding hydrogens is 242 g/mol. The Balaban J connectivity index is 2.86. The molecule has 1 aromatic heterocycles. The maximum Gasteiger partial charge on any atom is 0.274 e. The lowest BCUT2D eigenvalue weighted by molar-refractivity contribution is 0.0789. The minimum absolute atomic E-state index is 0.124. The molecule has 0 bridgehead atoms. The van der Waals surface area contributed by atoms with E-state index in [9.17, 15) is 4.79 Å². The second kappa shape index (κ2) is 7.67. The number of pyridine rings is 1. The van der Waals surface area contributed by atoms with E-state index in [4.69, 9.17) is 10.5 Å². The van der Waals surface area contributed by atoms with E-state index in [1.54, 1.807) is 18.2 Å². The first-order valence-corrected chi connectivity index (χ1v) is 5.97. The molecule has 1 N–H and O–H groups in total. The summed E-state index contributed by atoms with van der Waals surface area (Å²) in [6.07, 6.45) is 0.953. The van der Waals surface area contributed by atoms with Gasteiger partial charge in [0.1, 0.15) is 24.6 Å². The molecule has 1 rings (SSSR count). The molecule has 0 saturated heterocycles. The number of hydrogen-bond donors (Lipinski definition) is 1. The Morgan fingerprint density at radius 2 is 2.05 bits per heavy atom. The number of nitrogens with zero attached hydrogens (tertiary/aromatic N) is 4. The largest absolute Gasteiger partial charge is 0.370 e. The van der Waals surface area contributed by atoms with Crippen molar-refractivity contribution in [2.45, 2.75) is 13.3 Å². The molecule has 1 amide bonds. The fourth-order valence-corrected chi connectivity index (χ4v) is 1.44. The van der Waals surface area contributed by atoms with Crippen LogP contribution in [-0.4, -0.2) is 35.4 Å². The van der Waals surface area contributed by atoms with Crippen molar-refractivity contribution in [3.05, 3.63) is 23.9 Å². The Labute approximate surface area is 112 Å². The smallest absolute Gasteiger partial charge is 0.274 e. The van der Waals surface area contributed by atoms with E-state index >= 15 is 0 Å². The van der Waals surface area contributed by atoms with E-state index in [0.717, 1.165) is 17.9 Å². The summed E-state index contributed by atoms with van der Waals surface area (Å²) < 4.78 is 0. The van der Waals surface area contributed by atoms with Crippen LogP contribution in [0.15, 0.2) is 18.2 Å². The number of carbonyl (C=O) groups excluding carboxylic acids is 1. The molecule has 0 fully saturated rings. The lowest BCUT2D eigenvalue weighted by Crippen LogP contribution is -2.32. The van der Waals surface area contributed by atoms with Crippen molar-refractivity contribution in [2.24, 2.45) is 0 Å². The summed E-state index contributed by atoms with van der Waals surface area (Å²) >= 11 is 0. The number of nitriles is 2. The van der Waals surface area contributed by atoms with Crippen molar-refractivity contribution >= 4 is 11.7 Å². The van der Waals surface area contributed by atoms with Gasteiger partial charge in [-0.2, -0.15) is 10.5 Å². The number of aromatic nitrogens is 1. The number of nitrogens with one attached hydrogen (secondary N) is 1. The standard InChI is InChI=1S/C13H15N5O/c1-2-8-16-12-5-3-4-11(17-12)13(19)18(9-6-14)10-7-15/h3-5H,2,8-10H2,1H3,(H,16,17). The van der Waals surface area contributed by atoms with Crippen molar-refractivity contribution in [1.29, 1.82) is 10.5 Å². The third-order valence-electron chi connectivity index (χ3n) is 2.33. The second-order valence-electron chi connectivity index (χ2n) is 3.81. The number of rotatable bonds is 6. The highest BCUT2D eigenvalue weighted by Gasteiger charge is 2.16. The van der Waals surface area contributed by atoms with Crippen LogP contribution in [-0.2, 0) is 0 Å². The molecular formula is C13H15N5O. The van der Waals surface area contributed by atoms with Crippen molar-refractivity contribution in [3.8, 4) is 12.1 Å². The SMILES string of the molecule is CCCNc1cccc(C(=O)N(CC#N)CC#N)n1. The van der Waals surface area contributed by atoms with Gasteiger partial charge in [0.15, 0.2) is 0 Å². The second-order valence-corrected chi connectivity index (χ2v) is 3.81. The van der Waals surface area contributed by atoms with Crippen molar-refractivity contribution < 1.29 is 4.79 Å². The van der Waals surface area contributed by atoms with Crippen molar-refractivity contribution in [2.75, 3.05) is 25.0 Å². The molecule has 0 atom stereocenters. The molecule has 1 heterocycles. The van der Waals surface area contributed by atoms with Gasteiger partial charge in [-0.15, -0.1) is 0 Å². The first-order chi connectivity index (χ1) is 9.22. The third-order valence-corrected chi connectivity index (χ3v) is 2.33. The minimum atomic E-state index is -0.414. The van der Waals surface area contributed by atoms with Gasteiger partial charge in [0.25, 0.3) is 5.91 Å². The highest BCUT2D eigenvalue weighted by molar-refractivity contribution is 5.93. The summed E-state index contributed by atoms with van der Waals surface area (Å²) in [6.45, 7) is 2.55. The minimum Gasteiger partial charge on any atom is -0.370 e. The molecule has 6 nitrogen and oxygen atoms in total. The fraction of sp³-hybridized carbons (Fsp3) is 0.385. The molecule has 0 aliphatic heterocycles. The van der Waals surface area contributed by atoms with Crippen molar-refractivity contribution in [1.82, 2.24) is 9.88 Å². The van der Waals surface area contributed by atoms with E-state index in [2.05, 4.69) is 10.3 Å². The van der Waals surface area contributed by atoms with Crippen LogP contribution in [0, 0.1) is 22.7 Å². The quantitative estimate of drug-likeness (QED) is 0.777. The molecule has 0 aromatic carbocycles. The molecule has 98 valence electrons. The van der Waals surface area contributed by atoms with Gasteiger partial charge in [-0.05, 0) is 18.6 Å². The Morgan fingerprint density at radius 1 is 1.37 bits per heavy atom. The van der Waals surface area contributed by atoms with Gasteiger partial charge in [-0.3, -0.25) is 4.79 Å². The van der Waals surface area contributed by atoms with E-state index in [-0.39, 0.29) is 18.8 Å². The zero-order chi connectivity index (χ0) is 14.1. The maximum absolute atomic E-state index is 12.1. The Bertz CT molecular complexity index is 499. The van der Waals surface area contributed by atoms with Gasteiger partial charge < -0.3 is 10.2 Å². The van der Waals surface area contributed by atoms with Crippen LogP contribution >= 0.6 is 0 Å². The molecule has 0 aliphatic carbocycles. The zero-order valence-electron chi connectivity index (χ0n) is 10.8. The topological polar surface area (TPSA) is 92.8 Å². The summed E-state index contributed by atoms with van der Waals surface area (Å²) in [7, 11) is 0. The van der Waals surface area contributed by atoms with Gasteiger partial charge >= 0.3 is 0 Å². The molecule has 1 aromatic rings. The molecule has 6 heteroatoms. The molecule has 19 heavy (non-hydrogen) atoms. The van der Waals surface area contributed by atoms with Crippen LogP contribution in [0.2, 0.25) is 0 Å². The van der Waals surface area contributed by atoms with E-state index in [1.165, 1.54) is 0 Å². The number of hydrogen-bond acceptors (Lipinski definition) is 5. The Hall–Kier alpha value is -2.60. The summed E-state index contributed by atoms with van der Waals surface area (Å²) in [5.41, 5.74) is 0.228. The van der Waals surface area contributed by atoms with Gasteiger partial charge in [0, 0.05) is 6.54 Å². The van der Waals surface area contributed by atoms with Crippen LogP contribution in [0.5, 0.6) is 0 Å². The predicted molar refractivity (Wildman–Crippen MR) is 70.1 cm³/mol. The number of anilines is 1. The molecule has 0 aliphatic rings. The number of carbonyl (C=O) groups is 1. The lowest BCUT2D eigenvalue weighted by Gasteiger charge is -2.15. The van der Waals surface area contributed by atoms with Crippen LogP contribution in [0.4, 0.5) is 5.82 Å². The van der Waals surface area contributed by atoms with E-state index < -0.39 is 5.91 Å². The van der Waals surface area contributed by atoms with Crippen LogP contribution in [0.3, 0.4) is 0 Å². The van der Waals surface area contributed by atoms with Crippen LogP contribution in [0.1, 0.15) is 23.8 Å². The fourth-order valence-electron chi connectivity index (χ4n) is 1.44. The average molecular weight is 257 g/mol. The van der Waals surface area contributed by atoms with Gasteiger partial charge in [-0.1, -0.05) is 13.0 Å². The van der Waals surface area contributed by atoms with E-state index in [0.29, 0.717) is 5.82 Å². The first-order valence-electron chi connectivity index (χ1n) is 5.97. The van der Waals surface area contributed by atoms with Crippen LogP contribution < -0.4 is 5.32 Å². The molecule has 0 spiro atoms. The van der Waals surface area contributed by atoms with Crippen molar-refractivity contribution in [3.63, 3.8) is 0 Å².